The smallest absolute Gasteiger partial charge is 0.133 e. The van der Waals surface area contributed by atoms with Crippen LogP contribution in [0, 0.1) is 11.6 Å². The van der Waals surface area contributed by atoms with Gasteiger partial charge in [0.1, 0.15) is 11.6 Å². The molecule has 0 aliphatic heterocycles. The van der Waals surface area contributed by atoms with Crippen molar-refractivity contribution < 1.29 is 8.78 Å². The Morgan fingerprint density at radius 2 is 1.35 bits per heavy atom. The number of rotatable bonds is 4. The Morgan fingerprint density at radius 1 is 0.826 bits per heavy atom. The third-order valence-electron chi connectivity index (χ3n) is 5.92. The van der Waals surface area contributed by atoms with Crippen molar-refractivity contribution in [2.45, 2.75) is 95.8 Å². The predicted octanol–water partition coefficient (Wildman–Crippen LogP) is 7.01. The van der Waals surface area contributed by atoms with E-state index in [0.29, 0.717) is 11.5 Å². The maximum Gasteiger partial charge on any atom is 0.133 e. The number of aryl methyl sites for hydroxylation is 1. The van der Waals surface area contributed by atoms with Crippen LogP contribution in [-0.4, -0.2) is 0 Å². The van der Waals surface area contributed by atoms with Gasteiger partial charge in [-0.25, -0.2) is 8.78 Å². The molecule has 0 saturated heterocycles. The molecule has 0 bridgehead atoms. The Morgan fingerprint density at radius 3 is 1.87 bits per heavy atom. The molecule has 0 aromatic heterocycles. The van der Waals surface area contributed by atoms with Gasteiger partial charge in [-0.2, -0.15) is 0 Å². The van der Waals surface area contributed by atoms with E-state index in [1.54, 1.807) is 6.07 Å². The number of halogens is 2. The molecule has 0 unspecified atom stereocenters. The molecule has 2 fully saturated rings. The molecule has 2 aliphatic rings. The van der Waals surface area contributed by atoms with E-state index in [-0.39, 0.29) is 17.6 Å². The minimum atomic E-state index is -0.280. The van der Waals surface area contributed by atoms with Crippen LogP contribution in [-0.2, 0) is 6.42 Å². The monoisotopic (exact) mass is 320 g/mol. The van der Waals surface area contributed by atoms with Crippen LogP contribution in [0.5, 0.6) is 0 Å². The standard InChI is InChI=1S/C21H30F2/c1-2-9-17-14-18(22)20(16-12-7-4-8-13-16)21(23)19(17)15-10-5-3-6-11-15/h14-16H,2-13H2,1H3. The number of benzene rings is 1. The average Bonchev–Trinajstić information content (AvgIpc) is 2.57. The van der Waals surface area contributed by atoms with Gasteiger partial charge in [0, 0.05) is 5.56 Å². The third kappa shape index (κ3) is 3.61. The summed E-state index contributed by atoms with van der Waals surface area (Å²) in [6.07, 6.45) is 12.9. The highest BCUT2D eigenvalue weighted by molar-refractivity contribution is 5.40. The Hall–Kier alpha value is -0.920. The molecule has 128 valence electrons. The average molecular weight is 320 g/mol. The van der Waals surface area contributed by atoms with E-state index in [9.17, 15) is 4.39 Å². The zero-order valence-electron chi connectivity index (χ0n) is 14.5. The van der Waals surface area contributed by atoms with Crippen LogP contribution in [0.3, 0.4) is 0 Å². The minimum absolute atomic E-state index is 0.0989. The minimum Gasteiger partial charge on any atom is -0.207 e. The van der Waals surface area contributed by atoms with Crippen LogP contribution in [0.2, 0.25) is 0 Å². The molecule has 0 N–H and O–H groups in total. The van der Waals surface area contributed by atoms with Crippen molar-refractivity contribution in [1.82, 2.24) is 0 Å². The van der Waals surface area contributed by atoms with Gasteiger partial charge in [0.2, 0.25) is 0 Å². The molecule has 1 aromatic carbocycles. The molecule has 2 heteroatoms. The summed E-state index contributed by atoms with van der Waals surface area (Å²) in [4.78, 5) is 0. The van der Waals surface area contributed by atoms with Gasteiger partial charge < -0.3 is 0 Å². The Bertz CT molecular complexity index is 523. The summed E-state index contributed by atoms with van der Waals surface area (Å²) in [5, 5.41) is 0. The lowest BCUT2D eigenvalue weighted by Gasteiger charge is -2.29. The molecular formula is C21H30F2. The van der Waals surface area contributed by atoms with E-state index in [1.165, 1.54) is 25.7 Å². The highest BCUT2D eigenvalue weighted by Crippen LogP contribution is 2.42. The fourth-order valence-electron chi connectivity index (χ4n) is 4.77. The number of hydrogen-bond acceptors (Lipinski definition) is 0. The normalized spacial score (nSPS) is 20.8. The first kappa shape index (κ1) is 16.9. The summed E-state index contributed by atoms with van der Waals surface area (Å²) in [6.45, 7) is 2.09. The molecule has 0 atom stereocenters. The summed E-state index contributed by atoms with van der Waals surface area (Å²) in [6, 6.07) is 1.68. The van der Waals surface area contributed by atoms with Crippen molar-refractivity contribution in [2.24, 2.45) is 0 Å². The van der Waals surface area contributed by atoms with Gasteiger partial charge in [0.05, 0.1) is 0 Å². The van der Waals surface area contributed by atoms with Gasteiger partial charge in [0.15, 0.2) is 0 Å². The van der Waals surface area contributed by atoms with Crippen LogP contribution < -0.4 is 0 Å². The summed E-state index contributed by atoms with van der Waals surface area (Å²) >= 11 is 0. The fourth-order valence-corrected chi connectivity index (χ4v) is 4.77. The zero-order valence-corrected chi connectivity index (χ0v) is 14.5. The second kappa shape index (κ2) is 7.77. The summed E-state index contributed by atoms with van der Waals surface area (Å²) in [5.74, 6) is -0.0420. The van der Waals surface area contributed by atoms with Crippen molar-refractivity contribution in [3.8, 4) is 0 Å². The van der Waals surface area contributed by atoms with E-state index < -0.39 is 0 Å². The first-order valence-corrected chi connectivity index (χ1v) is 9.73. The fraction of sp³-hybridized carbons (Fsp3) is 0.714. The first-order chi connectivity index (χ1) is 11.2. The predicted molar refractivity (Wildman–Crippen MR) is 92.0 cm³/mol. The van der Waals surface area contributed by atoms with Crippen molar-refractivity contribution in [3.05, 3.63) is 34.4 Å². The molecule has 1 aromatic rings. The van der Waals surface area contributed by atoms with Gasteiger partial charge in [-0.1, -0.05) is 51.9 Å². The van der Waals surface area contributed by atoms with Gasteiger partial charge in [-0.3, -0.25) is 0 Å². The topological polar surface area (TPSA) is 0 Å². The van der Waals surface area contributed by atoms with Crippen LogP contribution in [0.15, 0.2) is 6.07 Å². The van der Waals surface area contributed by atoms with Crippen molar-refractivity contribution in [1.29, 1.82) is 0 Å². The van der Waals surface area contributed by atoms with E-state index in [1.807, 2.05) is 0 Å². The second-order valence-electron chi connectivity index (χ2n) is 7.58. The van der Waals surface area contributed by atoms with Crippen LogP contribution in [0.4, 0.5) is 8.78 Å². The Balaban J connectivity index is 2.02. The lowest BCUT2D eigenvalue weighted by Crippen LogP contribution is -2.16. The summed E-state index contributed by atoms with van der Waals surface area (Å²) < 4.78 is 30.2. The highest BCUT2D eigenvalue weighted by Gasteiger charge is 2.29. The molecule has 0 nitrogen and oxygen atoms in total. The SMILES string of the molecule is CCCc1cc(F)c(C2CCCCC2)c(F)c1C1CCCCC1. The van der Waals surface area contributed by atoms with Crippen molar-refractivity contribution >= 4 is 0 Å². The van der Waals surface area contributed by atoms with E-state index >= 15 is 4.39 Å². The molecule has 23 heavy (non-hydrogen) atoms. The van der Waals surface area contributed by atoms with E-state index in [0.717, 1.165) is 62.5 Å². The van der Waals surface area contributed by atoms with Gasteiger partial charge in [-0.15, -0.1) is 0 Å². The Labute approximate surface area is 139 Å². The van der Waals surface area contributed by atoms with E-state index in [4.69, 9.17) is 0 Å². The molecule has 0 amide bonds. The molecule has 2 aliphatic carbocycles. The first-order valence-electron chi connectivity index (χ1n) is 9.73. The van der Waals surface area contributed by atoms with Gasteiger partial charge in [0.25, 0.3) is 0 Å². The molecule has 3 rings (SSSR count). The molecule has 0 heterocycles. The van der Waals surface area contributed by atoms with Crippen LogP contribution in [0.1, 0.15) is 106 Å². The van der Waals surface area contributed by atoms with Gasteiger partial charge in [-0.05, 0) is 61.1 Å². The van der Waals surface area contributed by atoms with Crippen LogP contribution >= 0.6 is 0 Å². The Kier molecular flexibility index (Phi) is 5.71. The molecule has 0 spiro atoms. The summed E-state index contributed by atoms with van der Waals surface area (Å²) in [5.41, 5.74) is 2.24. The third-order valence-corrected chi connectivity index (χ3v) is 5.92. The zero-order chi connectivity index (χ0) is 16.2. The maximum absolute atomic E-state index is 15.4. The summed E-state index contributed by atoms with van der Waals surface area (Å²) in [7, 11) is 0. The van der Waals surface area contributed by atoms with Crippen LogP contribution in [0.25, 0.3) is 0 Å². The van der Waals surface area contributed by atoms with E-state index in [2.05, 4.69) is 6.92 Å². The lowest BCUT2D eigenvalue weighted by atomic mass is 9.77. The number of hydrogen-bond donors (Lipinski definition) is 0. The second-order valence-corrected chi connectivity index (χ2v) is 7.58. The lowest BCUT2D eigenvalue weighted by molar-refractivity contribution is 0.395. The van der Waals surface area contributed by atoms with Gasteiger partial charge >= 0.3 is 0 Å². The largest absolute Gasteiger partial charge is 0.207 e. The highest BCUT2D eigenvalue weighted by atomic mass is 19.1. The van der Waals surface area contributed by atoms with Crippen molar-refractivity contribution in [3.63, 3.8) is 0 Å². The molecule has 0 radical (unpaired) electrons. The molecular weight excluding hydrogens is 290 g/mol. The van der Waals surface area contributed by atoms with Crippen molar-refractivity contribution in [2.75, 3.05) is 0 Å². The molecule has 2 saturated carbocycles. The quantitative estimate of drug-likeness (QED) is 0.559. The maximum atomic E-state index is 15.4.